The van der Waals surface area contributed by atoms with Gasteiger partial charge in [0.15, 0.2) is 5.78 Å². The summed E-state index contributed by atoms with van der Waals surface area (Å²) in [4.78, 5) is 14.9. The molecule has 1 aliphatic heterocycles. The molecule has 0 amide bonds. The molecule has 2 rings (SSSR count). The molecule has 0 aromatic heterocycles. The van der Waals surface area contributed by atoms with E-state index in [1.807, 2.05) is 31.2 Å². The maximum Gasteiger partial charge on any atom is 0.179 e. The van der Waals surface area contributed by atoms with E-state index in [1.165, 1.54) is 12.0 Å². The Morgan fingerprint density at radius 1 is 1.38 bits per heavy atom. The van der Waals surface area contributed by atoms with Crippen LogP contribution in [0, 0.1) is 5.92 Å². The molecule has 0 radical (unpaired) electrons. The monoisotopic (exact) mass is 289 g/mol. The summed E-state index contributed by atoms with van der Waals surface area (Å²) in [6, 6.07) is 7.92. The van der Waals surface area contributed by atoms with Crippen LogP contribution < -0.4 is 0 Å². The minimum atomic E-state index is -0.0704. The molecular formula is C18H27NO2. The van der Waals surface area contributed by atoms with E-state index in [1.54, 1.807) is 0 Å². The highest BCUT2D eigenvalue weighted by atomic mass is 16.3. The van der Waals surface area contributed by atoms with Crippen molar-refractivity contribution in [2.75, 3.05) is 19.7 Å². The summed E-state index contributed by atoms with van der Waals surface area (Å²) in [5.41, 5.74) is 2.07. The van der Waals surface area contributed by atoms with E-state index in [2.05, 4.69) is 11.8 Å². The number of carbonyl (C=O) groups is 1. The standard InChI is InChI=1S/C18H27NO2/c1-3-15-6-8-17(9-7-15)18(21)14(2)19-11-4-5-16(13-19)10-12-20/h6-9,14,16,20H,3-5,10-13H2,1-2H3. The van der Waals surface area contributed by atoms with Crippen LogP contribution in [0.4, 0.5) is 0 Å². The molecule has 0 aliphatic carbocycles. The minimum Gasteiger partial charge on any atom is -0.396 e. The van der Waals surface area contributed by atoms with Crippen molar-refractivity contribution in [3.8, 4) is 0 Å². The number of carbonyl (C=O) groups excluding carboxylic acids is 1. The van der Waals surface area contributed by atoms with Crippen LogP contribution in [0.25, 0.3) is 0 Å². The van der Waals surface area contributed by atoms with E-state index in [0.29, 0.717) is 5.92 Å². The van der Waals surface area contributed by atoms with E-state index >= 15 is 0 Å². The van der Waals surface area contributed by atoms with Crippen molar-refractivity contribution in [3.05, 3.63) is 35.4 Å². The third-order valence-corrected chi connectivity index (χ3v) is 4.66. The first-order valence-corrected chi connectivity index (χ1v) is 8.13. The predicted octanol–water partition coefficient (Wildman–Crippen LogP) is 2.91. The molecule has 1 heterocycles. The first-order chi connectivity index (χ1) is 10.2. The largest absolute Gasteiger partial charge is 0.396 e. The molecule has 1 aromatic rings. The number of rotatable bonds is 6. The van der Waals surface area contributed by atoms with Gasteiger partial charge in [-0.15, -0.1) is 0 Å². The molecule has 3 nitrogen and oxygen atoms in total. The fourth-order valence-electron chi connectivity index (χ4n) is 3.18. The normalized spacial score (nSPS) is 21.2. The summed E-state index contributed by atoms with van der Waals surface area (Å²) in [6.07, 6.45) is 4.14. The highest BCUT2D eigenvalue weighted by Crippen LogP contribution is 2.22. The lowest BCUT2D eigenvalue weighted by Crippen LogP contribution is -2.45. The van der Waals surface area contributed by atoms with Crippen LogP contribution in [0.5, 0.6) is 0 Å². The lowest BCUT2D eigenvalue weighted by atomic mass is 9.92. The molecule has 1 aliphatic rings. The Morgan fingerprint density at radius 2 is 2.10 bits per heavy atom. The fourth-order valence-corrected chi connectivity index (χ4v) is 3.18. The molecule has 0 saturated carbocycles. The zero-order valence-electron chi connectivity index (χ0n) is 13.2. The van der Waals surface area contributed by atoms with Crippen molar-refractivity contribution < 1.29 is 9.90 Å². The summed E-state index contributed by atoms with van der Waals surface area (Å²) < 4.78 is 0. The zero-order valence-corrected chi connectivity index (χ0v) is 13.2. The zero-order chi connectivity index (χ0) is 15.2. The van der Waals surface area contributed by atoms with E-state index < -0.39 is 0 Å². The van der Waals surface area contributed by atoms with Crippen LogP contribution in [0.2, 0.25) is 0 Å². The molecule has 2 atom stereocenters. The number of ketones is 1. The van der Waals surface area contributed by atoms with Crippen molar-refractivity contribution in [2.24, 2.45) is 5.92 Å². The molecule has 21 heavy (non-hydrogen) atoms. The minimum absolute atomic E-state index is 0.0704. The van der Waals surface area contributed by atoms with E-state index in [4.69, 9.17) is 5.11 Å². The first-order valence-electron chi connectivity index (χ1n) is 8.13. The van der Waals surface area contributed by atoms with Crippen molar-refractivity contribution in [1.29, 1.82) is 0 Å². The van der Waals surface area contributed by atoms with Gasteiger partial charge in [0.2, 0.25) is 0 Å². The summed E-state index contributed by atoms with van der Waals surface area (Å²) in [5, 5.41) is 9.09. The number of likely N-dealkylation sites (tertiary alicyclic amines) is 1. The molecule has 0 bridgehead atoms. The van der Waals surface area contributed by atoms with Gasteiger partial charge in [-0.3, -0.25) is 9.69 Å². The van der Waals surface area contributed by atoms with Gasteiger partial charge in [0, 0.05) is 18.7 Å². The summed E-state index contributed by atoms with van der Waals surface area (Å²) in [6.45, 7) is 6.30. The number of hydrogen-bond donors (Lipinski definition) is 1. The van der Waals surface area contributed by atoms with Gasteiger partial charge in [-0.1, -0.05) is 31.2 Å². The van der Waals surface area contributed by atoms with Crippen LogP contribution >= 0.6 is 0 Å². The lowest BCUT2D eigenvalue weighted by Gasteiger charge is -2.36. The smallest absolute Gasteiger partial charge is 0.179 e. The molecule has 1 fully saturated rings. The molecule has 1 N–H and O–H groups in total. The second kappa shape index (κ2) is 7.71. The van der Waals surface area contributed by atoms with Crippen LogP contribution in [-0.2, 0) is 6.42 Å². The number of nitrogens with zero attached hydrogens (tertiary/aromatic N) is 1. The Bertz CT molecular complexity index is 453. The summed E-state index contributed by atoms with van der Waals surface area (Å²) in [7, 11) is 0. The van der Waals surface area contributed by atoms with Gasteiger partial charge in [-0.25, -0.2) is 0 Å². The molecule has 2 unspecified atom stereocenters. The van der Waals surface area contributed by atoms with Gasteiger partial charge in [-0.05, 0) is 50.6 Å². The van der Waals surface area contributed by atoms with Gasteiger partial charge in [0.25, 0.3) is 0 Å². The van der Waals surface area contributed by atoms with Gasteiger partial charge >= 0.3 is 0 Å². The number of hydrogen-bond acceptors (Lipinski definition) is 3. The van der Waals surface area contributed by atoms with Gasteiger partial charge < -0.3 is 5.11 Å². The predicted molar refractivity (Wildman–Crippen MR) is 85.6 cm³/mol. The average Bonchev–Trinajstić information content (AvgIpc) is 2.54. The number of piperidine rings is 1. The van der Waals surface area contributed by atoms with Gasteiger partial charge in [-0.2, -0.15) is 0 Å². The van der Waals surface area contributed by atoms with Crippen LogP contribution in [0.3, 0.4) is 0 Å². The van der Waals surface area contributed by atoms with Crippen molar-refractivity contribution >= 4 is 5.78 Å². The maximum atomic E-state index is 12.6. The first kappa shape index (κ1) is 16.2. The second-order valence-electron chi connectivity index (χ2n) is 6.11. The summed E-state index contributed by atoms with van der Waals surface area (Å²) >= 11 is 0. The Hall–Kier alpha value is -1.19. The van der Waals surface area contributed by atoms with E-state index in [9.17, 15) is 4.79 Å². The summed E-state index contributed by atoms with van der Waals surface area (Å²) in [5.74, 6) is 0.740. The van der Waals surface area contributed by atoms with Crippen molar-refractivity contribution in [2.45, 2.75) is 45.6 Å². The fraction of sp³-hybridized carbons (Fsp3) is 0.611. The van der Waals surface area contributed by atoms with Gasteiger partial charge in [0.05, 0.1) is 6.04 Å². The number of benzene rings is 1. The SMILES string of the molecule is CCc1ccc(C(=O)C(C)N2CCCC(CCO)C2)cc1. The Morgan fingerprint density at radius 3 is 2.71 bits per heavy atom. The molecule has 1 saturated heterocycles. The van der Waals surface area contributed by atoms with E-state index in [0.717, 1.165) is 37.9 Å². The topological polar surface area (TPSA) is 40.5 Å². The third-order valence-electron chi connectivity index (χ3n) is 4.66. The number of aliphatic hydroxyl groups excluding tert-OH is 1. The van der Waals surface area contributed by atoms with E-state index in [-0.39, 0.29) is 18.4 Å². The number of aliphatic hydroxyl groups is 1. The highest BCUT2D eigenvalue weighted by Gasteiger charge is 2.27. The van der Waals surface area contributed by atoms with Crippen molar-refractivity contribution in [1.82, 2.24) is 4.90 Å². The lowest BCUT2D eigenvalue weighted by molar-refractivity contribution is 0.0728. The number of aryl methyl sites for hydroxylation is 1. The molecule has 3 heteroatoms. The van der Waals surface area contributed by atoms with Crippen LogP contribution in [-0.4, -0.2) is 41.5 Å². The Balaban J connectivity index is 2.00. The third kappa shape index (κ3) is 4.14. The average molecular weight is 289 g/mol. The van der Waals surface area contributed by atoms with Crippen molar-refractivity contribution in [3.63, 3.8) is 0 Å². The molecule has 1 aromatic carbocycles. The molecule has 116 valence electrons. The molecule has 0 spiro atoms. The molecular weight excluding hydrogens is 262 g/mol. The Kier molecular flexibility index (Phi) is 5.95. The highest BCUT2D eigenvalue weighted by molar-refractivity contribution is 5.99. The number of Topliss-reactive ketones (excluding diaryl/α,β-unsaturated/α-hetero) is 1. The van der Waals surface area contributed by atoms with Gasteiger partial charge in [0.1, 0.15) is 0 Å². The second-order valence-corrected chi connectivity index (χ2v) is 6.11. The Labute approximate surface area is 128 Å². The van der Waals surface area contributed by atoms with Crippen LogP contribution in [0.15, 0.2) is 24.3 Å². The quantitative estimate of drug-likeness (QED) is 0.819. The maximum absolute atomic E-state index is 12.6. The van der Waals surface area contributed by atoms with Crippen LogP contribution in [0.1, 0.15) is 49.0 Å².